The summed E-state index contributed by atoms with van der Waals surface area (Å²) in [5.41, 5.74) is 2.20. The number of rotatable bonds is 4. The third kappa shape index (κ3) is 3.26. The molecule has 11 atom stereocenters. The molecule has 0 aromatic heterocycles. The van der Waals surface area contributed by atoms with Crippen LogP contribution in [0.1, 0.15) is 85.5 Å². The lowest BCUT2D eigenvalue weighted by atomic mass is 9.41. The van der Waals surface area contributed by atoms with Gasteiger partial charge in [-0.05, 0) is 97.2 Å². The Morgan fingerprint density at radius 1 is 1.03 bits per heavy atom. The molecule has 172 valence electrons. The molecule has 0 saturated heterocycles. The fraction of sp³-hybridized carbons (Fsp3) is 0.960. The summed E-state index contributed by atoms with van der Waals surface area (Å²) >= 11 is 0. The second kappa shape index (κ2) is 8.04. The quantitative estimate of drug-likeness (QED) is 0.406. The summed E-state index contributed by atoms with van der Waals surface area (Å²) in [6.45, 7) is 9.26. The van der Waals surface area contributed by atoms with Gasteiger partial charge < -0.3 is 10.2 Å². The standard InChI is InChI=1S/C25H43NO4/c1-5-16-20-13-15(27)8-10-25(20,4)19-9-11-24(3)17(14(2)12-21(28)26-30)6-7-18(24)22(19)23(16)29/h14-20,22-23,27,29-30H,5-13H2,1-4H3,(H,26,28)/t14-,15-,16-,17-,18?,19?,20+,22?,23-,24-,25-/m1/s1. The van der Waals surface area contributed by atoms with Gasteiger partial charge in [-0.25, -0.2) is 5.48 Å². The number of carbonyl (C=O) groups excluding carboxylic acids is 1. The number of amides is 1. The van der Waals surface area contributed by atoms with Crippen LogP contribution in [0.3, 0.4) is 0 Å². The van der Waals surface area contributed by atoms with E-state index in [4.69, 9.17) is 5.21 Å². The van der Waals surface area contributed by atoms with Crippen molar-refractivity contribution in [2.24, 2.45) is 52.3 Å². The third-order valence-electron chi connectivity index (χ3n) is 10.8. The molecule has 3 unspecified atom stereocenters. The molecule has 0 aromatic carbocycles. The highest BCUT2D eigenvalue weighted by molar-refractivity contribution is 5.74. The van der Waals surface area contributed by atoms with Gasteiger partial charge in [0.05, 0.1) is 12.2 Å². The van der Waals surface area contributed by atoms with E-state index in [-0.39, 0.29) is 40.8 Å². The first-order chi connectivity index (χ1) is 14.2. The van der Waals surface area contributed by atoms with Crippen molar-refractivity contribution in [1.82, 2.24) is 5.48 Å². The number of aliphatic hydroxyl groups excluding tert-OH is 2. The van der Waals surface area contributed by atoms with Crippen molar-refractivity contribution in [3.8, 4) is 0 Å². The molecule has 0 heterocycles. The monoisotopic (exact) mass is 421 g/mol. The van der Waals surface area contributed by atoms with E-state index in [1.165, 1.54) is 6.42 Å². The normalized spacial score (nSPS) is 51.4. The number of aliphatic hydroxyl groups is 2. The lowest BCUT2D eigenvalue weighted by Crippen LogP contribution is -2.62. The van der Waals surface area contributed by atoms with Crippen molar-refractivity contribution in [3.63, 3.8) is 0 Å². The van der Waals surface area contributed by atoms with Crippen molar-refractivity contribution in [3.05, 3.63) is 0 Å². The molecule has 4 saturated carbocycles. The molecule has 4 aliphatic rings. The highest BCUT2D eigenvalue weighted by Crippen LogP contribution is 2.69. The van der Waals surface area contributed by atoms with Gasteiger partial charge in [0.2, 0.25) is 5.91 Å². The van der Waals surface area contributed by atoms with Crippen LogP contribution in [-0.2, 0) is 4.79 Å². The zero-order valence-electron chi connectivity index (χ0n) is 19.3. The highest BCUT2D eigenvalue weighted by Gasteiger charge is 2.64. The van der Waals surface area contributed by atoms with Gasteiger partial charge in [-0.2, -0.15) is 0 Å². The summed E-state index contributed by atoms with van der Waals surface area (Å²) in [5.74, 6) is 2.51. The Morgan fingerprint density at radius 2 is 1.70 bits per heavy atom. The Morgan fingerprint density at radius 3 is 2.37 bits per heavy atom. The molecule has 4 N–H and O–H groups in total. The molecular weight excluding hydrogens is 378 g/mol. The summed E-state index contributed by atoms with van der Waals surface area (Å²) in [4.78, 5) is 11.8. The number of carbonyl (C=O) groups is 1. The van der Waals surface area contributed by atoms with Crippen LogP contribution in [0, 0.1) is 52.3 Å². The second-order valence-electron chi connectivity index (χ2n) is 11.8. The second-order valence-corrected chi connectivity index (χ2v) is 11.8. The first-order valence-corrected chi connectivity index (χ1v) is 12.5. The average Bonchev–Trinajstić information content (AvgIpc) is 3.06. The molecule has 0 aliphatic heterocycles. The third-order valence-corrected chi connectivity index (χ3v) is 10.8. The number of fused-ring (bicyclic) bond motifs is 5. The van der Waals surface area contributed by atoms with Crippen molar-refractivity contribution < 1.29 is 20.2 Å². The summed E-state index contributed by atoms with van der Waals surface area (Å²) in [6, 6.07) is 0. The fourth-order valence-electron chi connectivity index (χ4n) is 9.41. The van der Waals surface area contributed by atoms with Gasteiger partial charge in [-0.1, -0.05) is 34.1 Å². The number of hydrogen-bond donors (Lipinski definition) is 4. The van der Waals surface area contributed by atoms with Crippen LogP contribution in [0.5, 0.6) is 0 Å². The zero-order chi connectivity index (χ0) is 21.8. The molecule has 1 amide bonds. The van der Waals surface area contributed by atoms with E-state index in [2.05, 4.69) is 27.7 Å². The molecule has 30 heavy (non-hydrogen) atoms. The number of hydrogen-bond acceptors (Lipinski definition) is 4. The maximum Gasteiger partial charge on any atom is 0.243 e. The van der Waals surface area contributed by atoms with Crippen LogP contribution < -0.4 is 5.48 Å². The Hall–Kier alpha value is -0.650. The fourth-order valence-corrected chi connectivity index (χ4v) is 9.41. The van der Waals surface area contributed by atoms with Crippen LogP contribution in [0.25, 0.3) is 0 Å². The predicted octanol–water partition coefficient (Wildman–Crippen LogP) is 4.14. The lowest BCUT2D eigenvalue weighted by molar-refractivity contribution is -0.203. The molecule has 0 radical (unpaired) electrons. The minimum atomic E-state index is -0.289. The van der Waals surface area contributed by atoms with Gasteiger partial charge in [0.25, 0.3) is 0 Å². The molecule has 5 heteroatoms. The Balaban J connectivity index is 1.63. The van der Waals surface area contributed by atoms with Crippen molar-refractivity contribution in [2.45, 2.75) is 97.7 Å². The maximum atomic E-state index is 11.8. The van der Waals surface area contributed by atoms with Crippen LogP contribution in [0.15, 0.2) is 0 Å². The molecule has 0 bridgehead atoms. The number of nitrogens with one attached hydrogen (secondary N) is 1. The topological polar surface area (TPSA) is 89.8 Å². The van der Waals surface area contributed by atoms with Gasteiger partial charge >= 0.3 is 0 Å². The van der Waals surface area contributed by atoms with Crippen LogP contribution in [0.4, 0.5) is 0 Å². The maximum absolute atomic E-state index is 11.8. The average molecular weight is 422 g/mol. The minimum Gasteiger partial charge on any atom is -0.393 e. The molecule has 0 spiro atoms. The van der Waals surface area contributed by atoms with Gasteiger partial charge in [-0.3, -0.25) is 10.0 Å². The summed E-state index contributed by atoms with van der Waals surface area (Å²) < 4.78 is 0. The van der Waals surface area contributed by atoms with Gasteiger partial charge in [-0.15, -0.1) is 0 Å². The van der Waals surface area contributed by atoms with E-state index in [1.54, 1.807) is 0 Å². The minimum absolute atomic E-state index is 0.160. The SMILES string of the molecule is CC[C@H]1[C@@H](O)C2C3CC[C@H]([C@H](C)CC(=O)NO)[C@@]3(C)CCC2[C@@]2(C)CC[C@@H](O)C[C@@H]12. The van der Waals surface area contributed by atoms with Crippen molar-refractivity contribution >= 4 is 5.91 Å². The van der Waals surface area contributed by atoms with E-state index in [0.717, 1.165) is 44.9 Å². The highest BCUT2D eigenvalue weighted by atomic mass is 16.5. The van der Waals surface area contributed by atoms with Crippen LogP contribution >= 0.6 is 0 Å². The Kier molecular flexibility index (Phi) is 6.04. The van der Waals surface area contributed by atoms with Gasteiger partial charge in [0.1, 0.15) is 0 Å². The van der Waals surface area contributed by atoms with E-state index < -0.39 is 0 Å². The summed E-state index contributed by atoms with van der Waals surface area (Å²) in [6.07, 6.45) is 8.31. The summed E-state index contributed by atoms with van der Waals surface area (Å²) in [5, 5.41) is 31.1. The van der Waals surface area contributed by atoms with Crippen molar-refractivity contribution in [1.29, 1.82) is 0 Å². The van der Waals surface area contributed by atoms with E-state index in [1.807, 2.05) is 5.48 Å². The summed E-state index contributed by atoms with van der Waals surface area (Å²) in [7, 11) is 0. The van der Waals surface area contributed by atoms with E-state index in [0.29, 0.717) is 36.0 Å². The number of hydroxylamine groups is 1. The Labute approximate surface area is 182 Å². The van der Waals surface area contributed by atoms with E-state index in [9.17, 15) is 15.0 Å². The van der Waals surface area contributed by atoms with E-state index >= 15 is 0 Å². The first-order valence-electron chi connectivity index (χ1n) is 12.5. The van der Waals surface area contributed by atoms with Crippen LogP contribution in [0.2, 0.25) is 0 Å². The smallest absolute Gasteiger partial charge is 0.243 e. The molecule has 4 fully saturated rings. The zero-order valence-corrected chi connectivity index (χ0v) is 19.3. The molecule has 4 aliphatic carbocycles. The molecule has 5 nitrogen and oxygen atoms in total. The largest absolute Gasteiger partial charge is 0.393 e. The van der Waals surface area contributed by atoms with Crippen LogP contribution in [-0.4, -0.2) is 33.5 Å². The van der Waals surface area contributed by atoms with Gasteiger partial charge in [0, 0.05) is 6.42 Å². The predicted molar refractivity (Wildman–Crippen MR) is 115 cm³/mol. The molecule has 4 rings (SSSR count). The Bertz CT molecular complexity index is 655. The first kappa shape index (κ1) is 22.5. The molecular formula is C25H43NO4. The van der Waals surface area contributed by atoms with Crippen molar-refractivity contribution in [2.75, 3.05) is 0 Å². The van der Waals surface area contributed by atoms with Gasteiger partial charge in [0.15, 0.2) is 0 Å². The lowest BCUT2D eigenvalue weighted by Gasteiger charge is -2.64. The molecule has 0 aromatic rings.